The molecule has 0 fully saturated rings. The largest absolute Gasteiger partial charge is 0.380 e. The van der Waals surface area contributed by atoms with Gasteiger partial charge in [0.1, 0.15) is 21.7 Å². The molecule has 2 rings (SSSR count). The maximum absolute atomic E-state index is 4.62. The van der Waals surface area contributed by atoms with Crippen LogP contribution in [0.4, 0.5) is 0 Å². The highest BCUT2D eigenvalue weighted by atomic mass is 32.1. The number of hydrogen-bond donors (Lipinski definition) is 1. The van der Waals surface area contributed by atoms with Crippen LogP contribution in [-0.4, -0.2) is 21.0 Å². The van der Waals surface area contributed by atoms with Crippen LogP contribution in [0.2, 0.25) is 0 Å². The van der Waals surface area contributed by atoms with E-state index in [4.69, 9.17) is 0 Å². The number of thiazole rings is 1. The summed E-state index contributed by atoms with van der Waals surface area (Å²) in [6, 6.07) is 0.483. The van der Waals surface area contributed by atoms with E-state index in [1.807, 2.05) is 6.92 Å². The van der Waals surface area contributed by atoms with Crippen molar-refractivity contribution in [2.24, 2.45) is 0 Å². The topological polar surface area (TPSA) is 50.7 Å². The fourth-order valence-electron chi connectivity index (χ4n) is 2.29. The highest BCUT2D eigenvalue weighted by Crippen LogP contribution is 2.25. The molecule has 0 unspecified atom stereocenters. The fourth-order valence-corrected chi connectivity index (χ4v) is 3.18. The molecule has 0 spiro atoms. The van der Waals surface area contributed by atoms with Crippen LogP contribution >= 0.6 is 11.3 Å². The summed E-state index contributed by atoms with van der Waals surface area (Å²) in [5, 5.41) is 4.44. The molecule has 0 aliphatic carbocycles. The minimum absolute atomic E-state index is 0.483. The standard InChI is InChI=1S/C15H22N4S/c1-5-7-12(8-6-2)18-11(4)14-19-13-10(3)16-9-17-15(13)20-14/h9,12,18H,4-8H2,1-3H3. The van der Waals surface area contributed by atoms with Crippen molar-refractivity contribution in [2.75, 3.05) is 0 Å². The summed E-state index contributed by atoms with van der Waals surface area (Å²) in [4.78, 5) is 14.0. The predicted molar refractivity (Wildman–Crippen MR) is 85.7 cm³/mol. The van der Waals surface area contributed by atoms with E-state index >= 15 is 0 Å². The fraction of sp³-hybridized carbons (Fsp3) is 0.533. The molecule has 2 aromatic heterocycles. The molecule has 0 aliphatic heterocycles. The maximum atomic E-state index is 4.62. The van der Waals surface area contributed by atoms with Gasteiger partial charge in [0.25, 0.3) is 0 Å². The molecule has 0 aromatic carbocycles. The molecule has 0 bridgehead atoms. The molecule has 0 amide bonds. The third-order valence-corrected chi connectivity index (χ3v) is 4.31. The first kappa shape index (κ1) is 14.9. The van der Waals surface area contributed by atoms with Gasteiger partial charge in [-0.2, -0.15) is 0 Å². The Bertz CT molecular complexity index is 585. The maximum Gasteiger partial charge on any atom is 0.147 e. The highest BCUT2D eigenvalue weighted by Gasteiger charge is 2.13. The Balaban J connectivity index is 2.16. The van der Waals surface area contributed by atoms with Crippen LogP contribution in [0.3, 0.4) is 0 Å². The van der Waals surface area contributed by atoms with Gasteiger partial charge in [-0.05, 0) is 19.8 Å². The Morgan fingerprint density at radius 2 is 2.00 bits per heavy atom. The Kier molecular flexibility index (Phi) is 5.06. The zero-order valence-corrected chi connectivity index (χ0v) is 13.3. The first-order chi connectivity index (χ1) is 9.65. The number of hydrogen-bond acceptors (Lipinski definition) is 5. The first-order valence-electron chi connectivity index (χ1n) is 7.19. The molecule has 2 heterocycles. The lowest BCUT2D eigenvalue weighted by atomic mass is 10.1. The minimum atomic E-state index is 0.483. The van der Waals surface area contributed by atoms with Crippen LogP contribution < -0.4 is 5.32 Å². The van der Waals surface area contributed by atoms with E-state index in [2.05, 4.69) is 40.7 Å². The average molecular weight is 290 g/mol. The van der Waals surface area contributed by atoms with Crippen molar-refractivity contribution in [3.05, 3.63) is 23.6 Å². The van der Waals surface area contributed by atoms with E-state index in [-0.39, 0.29) is 0 Å². The molecule has 108 valence electrons. The zero-order chi connectivity index (χ0) is 14.5. The van der Waals surface area contributed by atoms with Crippen molar-refractivity contribution in [3.8, 4) is 0 Å². The summed E-state index contributed by atoms with van der Waals surface area (Å²) in [6.45, 7) is 10.5. The van der Waals surface area contributed by atoms with E-state index in [0.717, 1.165) is 39.6 Å². The van der Waals surface area contributed by atoms with Crippen LogP contribution in [0.5, 0.6) is 0 Å². The molecule has 1 N–H and O–H groups in total. The van der Waals surface area contributed by atoms with Crippen molar-refractivity contribution in [1.82, 2.24) is 20.3 Å². The molecule has 0 aliphatic rings. The lowest BCUT2D eigenvalue weighted by Gasteiger charge is -2.19. The van der Waals surface area contributed by atoms with Crippen molar-refractivity contribution in [3.63, 3.8) is 0 Å². The van der Waals surface area contributed by atoms with Gasteiger partial charge in [0.2, 0.25) is 0 Å². The summed E-state index contributed by atoms with van der Waals surface area (Å²) in [7, 11) is 0. The minimum Gasteiger partial charge on any atom is -0.380 e. The second-order valence-corrected chi connectivity index (χ2v) is 6.01. The highest BCUT2D eigenvalue weighted by molar-refractivity contribution is 7.19. The van der Waals surface area contributed by atoms with Crippen LogP contribution in [0.25, 0.3) is 16.0 Å². The van der Waals surface area contributed by atoms with E-state index in [1.165, 1.54) is 12.8 Å². The van der Waals surface area contributed by atoms with Gasteiger partial charge in [0, 0.05) is 6.04 Å². The van der Waals surface area contributed by atoms with Crippen LogP contribution in [0, 0.1) is 6.92 Å². The van der Waals surface area contributed by atoms with E-state index in [0.29, 0.717) is 6.04 Å². The number of aromatic nitrogens is 3. The quantitative estimate of drug-likeness (QED) is 0.839. The lowest BCUT2D eigenvalue weighted by molar-refractivity contribution is 0.502. The molecular weight excluding hydrogens is 268 g/mol. The molecule has 0 atom stereocenters. The third-order valence-electron chi connectivity index (χ3n) is 3.29. The number of nitrogens with one attached hydrogen (secondary N) is 1. The van der Waals surface area contributed by atoms with Crippen molar-refractivity contribution >= 4 is 27.4 Å². The summed E-state index contributed by atoms with van der Waals surface area (Å²) in [5.41, 5.74) is 2.71. The Morgan fingerprint density at radius 3 is 2.60 bits per heavy atom. The number of aryl methyl sites for hydroxylation is 1. The van der Waals surface area contributed by atoms with Crippen molar-refractivity contribution in [2.45, 2.75) is 52.5 Å². The molecule has 4 nitrogen and oxygen atoms in total. The van der Waals surface area contributed by atoms with Crippen LogP contribution in [-0.2, 0) is 0 Å². The zero-order valence-electron chi connectivity index (χ0n) is 12.4. The predicted octanol–water partition coefficient (Wildman–Crippen LogP) is 3.92. The number of rotatable bonds is 7. The van der Waals surface area contributed by atoms with Crippen LogP contribution in [0.1, 0.15) is 50.2 Å². The average Bonchev–Trinajstić information content (AvgIpc) is 2.85. The molecule has 20 heavy (non-hydrogen) atoms. The van der Waals surface area contributed by atoms with Gasteiger partial charge in [-0.1, -0.05) is 44.6 Å². The lowest BCUT2D eigenvalue weighted by Crippen LogP contribution is -2.26. The molecule has 0 saturated carbocycles. The summed E-state index contributed by atoms with van der Waals surface area (Å²) in [6.07, 6.45) is 6.27. The second kappa shape index (κ2) is 6.79. The second-order valence-electron chi connectivity index (χ2n) is 5.03. The van der Waals surface area contributed by atoms with E-state index in [1.54, 1.807) is 17.7 Å². The monoisotopic (exact) mass is 290 g/mol. The Hall–Kier alpha value is -1.49. The number of fused-ring (bicyclic) bond motifs is 1. The Morgan fingerprint density at radius 1 is 1.30 bits per heavy atom. The SMILES string of the molecule is C=C(NC(CCC)CCC)c1nc2c(C)ncnc2s1. The van der Waals surface area contributed by atoms with Gasteiger partial charge < -0.3 is 5.32 Å². The molecule has 0 radical (unpaired) electrons. The van der Waals surface area contributed by atoms with Gasteiger partial charge in [0.05, 0.1) is 11.4 Å². The van der Waals surface area contributed by atoms with Gasteiger partial charge in [-0.25, -0.2) is 15.0 Å². The normalized spacial score (nSPS) is 11.2. The summed E-state index contributed by atoms with van der Waals surface area (Å²) < 4.78 is 0. The summed E-state index contributed by atoms with van der Waals surface area (Å²) in [5.74, 6) is 0. The molecule has 5 heteroatoms. The first-order valence-corrected chi connectivity index (χ1v) is 8.01. The molecule has 2 aromatic rings. The van der Waals surface area contributed by atoms with Gasteiger partial charge in [-0.15, -0.1) is 0 Å². The van der Waals surface area contributed by atoms with Gasteiger partial charge in [0.15, 0.2) is 0 Å². The van der Waals surface area contributed by atoms with E-state index in [9.17, 15) is 0 Å². The van der Waals surface area contributed by atoms with Crippen LogP contribution in [0.15, 0.2) is 12.9 Å². The van der Waals surface area contributed by atoms with Gasteiger partial charge in [-0.3, -0.25) is 0 Å². The van der Waals surface area contributed by atoms with Crippen molar-refractivity contribution in [1.29, 1.82) is 0 Å². The molecular formula is C15H22N4S. The van der Waals surface area contributed by atoms with Crippen molar-refractivity contribution < 1.29 is 0 Å². The number of nitrogens with zero attached hydrogens (tertiary/aromatic N) is 3. The van der Waals surface area contributed by atoms with E-state index < -0.39 is 0 Å². The third kappa shape index (κ3) is 3.33. The summed E-state index contributed by atoms with van der Waals surface area (Å²) >= 11 is 1.57. The molecule has 0 saturated heterocycles. The Labute approximate surface area is 124 Å². The smallest absolute Gasteiger partial charge is 0.147 e. The van der Waals surface area contributed by atoms with Gasteiger partial charge >= 0.3 is 0 Å².